The lowest BCUT2D eigenvalue weighted by molar-refractivity contribution is 0.184. The SMILES string of the molecule is COCCn1nc(-c2nccc(OC)n2)cc1N. The van der Waals surface area contributed by atoms with Crippen molar-refractivity contribution < 1.29 is 9.47 Å². The summed E-state index contributed by atoms with van der Waals surface area (Å²) in [5.41, 5.74) is 6.46. The van der Waals surface area contributed by atoms with E-state index in [9.17, 15) is 0 Å². The summed E-state index contributed by atoms with van der Waals surface area (Å²) >= 11 is 0. The van der Waals surface area contributed by atoms with E-state index in [2.05, 4.69) is 15.1 Å². The predicted molar refractivity (Wildman–Crippen MR) is 66.1 cm³/mol. The summed E-state index contributed by atoms with van der Waals surface area (Å²) in [5, 5.41) is 4.32. The van der Waals surface area contributed by atoms with Crippen LogP contribution in [0, 0.1) is 0 Å². The zero-order valence-corrected chi connectivity index (χ0v) is 10.3. The van der Waals surface area contributed by atoms with E-state index in [4.69, 9.17) is 15.2 Å². The van der Waals surface area contributed by atoms with Crippen molar-refractivity contribution in [3.63, 3.8) is 0 Å². The van der Waals surface area contributed by atoms with Gasteiger partial charge >= 0.3 is 0 Å². The smallest absolute Gasteiger partial charge is 0.216 e. The minimum Gasteiger partial charge on any atom is -0.481 e. The molecule has 96 valence electrons. The average Bonchev–Trinajstić information content (AvgIpc) is 2.78. The summed E-state index contributed by atoms with van der Waals surface area (Å²) in [6.07, 6.45) is 1.62. The zero-order valence-electron chi connectivity index (χ0n) is 10.3. The monoisotopic (exact) mass is 249 g/mol. The van der Waals surface area contributed by atoms with Gasteiger partial charge in [0, 0.05) is 25.4 Å². The fourth-order valence-corrected chi connectivity index (χ4v) is 1.48. The van der Waals surface area contributed by atoms with Gasteiger partial charge in [0.1, 0.15) is 11.5 Å². The number of nitrogens with zero attached hydrogens (tertiary/aromatic N) is 4. The Morgan fingerprint density at radius 1 is 1.39 bits per heavy atom. The molecule has 0 aromatic carbocycles. The summed E-state index contributed by atoms with van der Waals surface area (Å²) in [5.74, 6) is 1.52. The molecule has 0 saturated heterocycles. The molecule has 0 aliphatic heterocycles. The molecule has 2 rings (SSSR count). The number of methoxy groups -OCH3 is 2. The molecular weight excluding hydrogens is 234 g/mol. The lowest BCUT2D eigenvalue weighted by atomic mass is 10.4. The fraction of sp³-hybridized carbons (Fsp3) is 0.364. The van der Waals surface area contributed by atoms with E-state index in [0.29, 0.717) is 36.4 Å². The Balaban J connectivity index is 2.27. The largest absolute Gasteiger partial charge is 0.481 e. The summed E-state index contributed by atoms with van der Waals surface area (Å²) in [4.78, 5) is 8.34. The van der Waals surface area contributed by atoms with Crippen molar-refractivity contribution in [2.24, 2.45) is 0 Å². The molecule has 2 N–H and O–H groups in total. The highest BCUT2D eigenvalue weighted by Crippen LogP contribution is 2.18. The average molecular weight is 249 g/mol. The topological polar surface area (TPSA) is 88.1 Å². The summed E-state index contributed by atoms with van der Waals surface area (Å²) in [6.45, 7) is 1.14. The van der Waals surface area contributed by atoms with Gasteiger partial charge in [0.15, 0.2) is 5.82 Å². The van der Waals surface area contributed by atoms with E-state index >= 15 is 0 Å². The van der Waals surface area contributed by atoms with Crippen LogP contribution in [0.5, 0.6) is 5.88 Å². The van der Waals surface area contributed by atoms with Gasteiger partial charge in [-0.25, -0.2) is 9.67 Å². The van der Waals surface area contributed by atoms with E-state index in [-0.39, 0.29) is 0 Å². The van der Waals surface area contributed by atoms with Gasteiger partial charge in [-0.05, 0) is 0 Å². The minimum absolute atomic E-state index is 0.484. The molecule has 18 heavy (non-hydrogen) atoms. The highest BCUT2D eigenvalue weighted by Gasteiger charge is 2.10. The van der Waals surface area contributed by atoms with Crippen molar-refractivity contribution in [1.82, 2.24) is 19.7 Å². The molecule has 7 nitrogen and oxygen atoms in total. The van der Waals surface area contributed by atoms with Gasteiger partial charge in [-0.3, -0.25) is 0 Å². The van der Waals surface area contributed by atoms with Crippen LogP contribution in [0.15, 0.2) is 18.3 Å². The van der Waals surface area contributed by atoms with E-state index in [0.717, 1.165) is 0 Å². The van der Waals surface area contributed by atoms with Gasteiger partial charge in [-0.1, -0.05) is 0 Å². The molecule has 0 unspecified atom stereocenters. The zero-order chi connectivity index (χ0) is 13.0. The Kier molecular flexibility index (Phi) is 3.73. The molecule has 0 aliphatic rings. The number of anilines is 1. The van der Waals surface area contributed by atoms with Crippen LogP contribution in [0.25, 0.3) is 11.5 Å². The number of nitrogens with two attached hydrogens (primary N) is 1. The second-order valence-corrected chi connectivity index (χ2v) is 3.59. The van der Waals surface area contributed by atoms with Crippen molar-refractivity contribution in [2.45, 2.75) is 6.54 Å². The molecule has 0 spiro atoms. The first kappa shape index (κ1) is 12.3. The molecule has 0 radical (unpaired) electrons. The second kappa shape index (κ2) is 5.46. The van der Waals surface area contributed by atoms with Gasteiger partial charge in [-0.2, -0.15) is 10.1 Å². The Morgan fingerprint density at radius 3 is 2.94 bits per heavy atom. The summed E-state index contributed by atoms with van der Waals surface area (Å²) < 4.78 is 11.7. The van der Waals surface area contributed by atoms with Crippen LogP contribution >= 0.6 is 0 Å². The van der Waals surface area contributed by atoms with Crippen LogP contribution in [0.4, 0.5) is 5.82 Å². The lowest BCUT2D eigenvalue weighted by Crippen LogP contribution is -2.08. The van der Waals surface area contributed by atoms with Gasteiger partial charge in [0.2, 0.25) is 5.88 Å². The first-order chi connectivity index (χ1) is 8.74. The first-order valence-corrected chi connectivity index (χ1v) is 5.44. The van der Waals surface area contributed by atoms with Gasteiger partial charge in [0.25, 0.3) is 0 Å². The number of ether oxygens (including phenoxy) is 2. The first-order valence-electron chi connectivity index (χ1n) is 5.44. The van der Waals surface area contributed by atoms with Crippen LogP contribution < -0.4 is 10.5 Å². The van der Waals surface area contributed by atoms with Crippen molar-refractivity contribution in [3.8, 4) is 17.4 Å². The number of rotatable bonds is 5. The third-order valence-corrected chi connectivity index (χ3v) is 2.39. The van der Waals surface area contributed by atoms with Crippen molar-refractivity contribution in [3.05, 3.63) is 18.3 Å². The molecule has 2 aromatic heterocycles. The quantitative estimate of drug-likeness (QED) is 0.833. The Morgan fingerprint density at radius 2 is 2.22 bits per heavy atom. The molecule has 0 atom stereocenters. The molecule has 0 amide bonds. The Labute approximate surface area is 105 Å². The van der Waals surface area contributed by atoms with Crippen LogP contribution in [0.2, 0.25) is 0 Å². The highest BCUT2D eigenvalue weighted by atomic mass is 16.5. The second-order valence-electron chi connectivity index (χ2n) is 3.59. The highest BCUT2D eigenvalue weighted by molar-refractivity contribution is 5.54. The fourth-order valence-electron chi connectivity index (χ4n) is 1.48. The maximum Gasteiger partial charge on any atom is 0.216 e. The standard InChI is InChI=1S/C11H15N5O2/c1-17-6-5-16-9(12)7-8(15-16)11-13-4-3-10(14-11)18-2/h3-4,7H,5-6,12H2,1-2H3. The number of aromatic nitrogens is 4. The lowest BCUT2D eigenvalue weighted by Gasteiger charge is -2.02. The number of hydrogen-bond acceptors (Lipinski definition) is 6. The minimum atomic E-state index is 0.484. The molecule has 0 fully saturated rings. The van der Waals surface area contributed by atoms with Crippen molar-refractivity contribution in [1.29, 1.82) is 0 Å². The third-order valence-electron chi connectivity index (χ3n) is 2.39. The van der Waals surface area contributed by atoms with Crippen LogP contribution in [0.1, 0.15) is 0 Å². The molecule has 0 saturated carbocycles. The van der Waals surface area contributed by atoms with E-state index < -0.39 is 0 Å². The van der Waals surface area contributed by atoms with Gasteiger partial charge in [0.05, 0.1) is 20.3 Å². The predicted octanol–water partition coefficient (Wildman–Crippen LogP) is 0.577. The van der Waals surface area contributed by atoms with Gasteiger partial charge < -0.3 is 15.2 Å². The van der Waals surface area contributed by atoms with Crippen molar-refractivity contribution >= 4 is 5.82 Å². The van der Waals surface area contributed by atoms with Crippen molar-refractivity contribution in [2.75, 3.05) is 26.6 Å². The van der Waals surface area contributed by atoms with Crippen LogP contribution in [-0.2, 0) is 11.3 Å². The Hall–Kier alpha value is -2.15. The number of nitrogen functional groups attached to an aromatic ring is 1. The normalized spacial score (nSPS) is 10.6. The molecule has 2 aromatic rings. The molecule has 0 bridgehead atoms. The third kappa shape index (κ3) is 2.57. The molecule has 7 heteroatoms. The number of hydrogen-bond donors (Lipinski definition) is 1. The van der Waals surface area contributed by atoms with Crippen LogP contribution in [0.3, 0.4) is 0 Å². The maximum atomic E-state index is 5.85. The van der Waals surface area contributed by atoms with Gasteiger partial charge in [-0.15, -0.1) is 0 Å². The van der Waals surface area contributed by atoms with Crippen LogP contribution in [-0.4, -0.2) is 40.6 Å². The summed E-state index contributed by atoms with van der Waals surface area (Å²) in [7, 11) is 3.18. The molecule has 2 heterocycles. The molecular formula is C11H15N5O2. The van der Waals surface area contributed by atoms with E-state index in [1.165, 1.54) is 0 Å². The van der Waals surface area contributed by atoms with E-state index in [1.54, 1.807) is 37.2 Å². The maximum absolute atomic E-state index is 5.85. The summed E-state index contributed by atoms with van der Waals surface area (Å²) in [6, 6.07) is 3.40. The van der Waals surface area contributed by atoms with E-state index in [1.807, 2.05) is 0 Å². The Bertz CT molecular complexity index is 526. The molecule has 0 aliphatic carbocycles.